The van der Waals surface area contributed by atoms with Gasteiger partial charge in [0.2, 0.25) is 0 Å². The minimum atomic E-state index is -0.115. The molecular formula is C20H27NO2Se. The molecule has 0 aliphatic rings. The molecule has 0 radical (unpaired) electrons. The molecule has 0 saturated carbocycles. The number of benzene rings is 1. The van der Waals surface area contributed by atoms with Gasteiger partial charge in [0.25, 0.3) is 0 Å². The SMILES string of the molecule is CCCCc1c([Se]c2ccccc2)ccn1C(C)CC(=O)OCC. The van der Waals surface area contributed by atoms with Crippen LogP contribution in [-0.4, -0.2) is 32.1 Å². The van der Waals surface area contributed by atoms with Gasteiger partial charge in [0.05, 0.1) is 0 Å². The Balaban J connectivity index is 2.19. The van der Waals surface area contributed by atoms with E-state index in [-0.39, 0.29) is 12.0 Å². The minimum absolute atomic E-state index is 0.115. The zero-order valence-corrected chi connectivity index (χ0v) is 16.5. The Morgan fingerprint density at radius 2 is 1.96 bits per heavy atom. The Hall–Kier alpha value is -1.51. The summed E-state index contributed by atoms with van der Waals surface area (Å²) in [4.78, 5) is 11.8. The summed E-state index contributed by atoms with van der Waals surface area (Å²) in [5, 5.41) is 0. The number of hydrogen-bond acceptors (Lipinski definition) is 2. The van der Waals surface area contributed by atoms with Crippen LogP contribution in [-0.2, 0) is 16.0 Å². The van der Waals surface area contributed by atoms with Crippen LogP contribution < -0.4 is 8.92 Å². The molecule has 1 aromatic carbocycles. The second kappa shape index (κ2) is 9.70. The molecule has 0 bridgehead atoms. The zero-order chi connectivity index (χ0) is 17.4. The Bertz CT molecular complexity index is 636. The van der Waals surface area contributed by atoms with E-state index in [0.717, 1.165) is 6.42 Å². The number of carbonyl (C=O) groups excluding carboxylic acids is 1. The molecule has 0 fully saturated rings. The van der Waals surface area contributed by atoms with Crippen LogP contribution in [0.3, 0.4) is 0 Å². The summed E-state index contributed by atoms with van der Waals surface area (Å²) >= 11 is 0.305. The molecular weight excluding hydrogens is 365 g/mol. The fourth-order valence-electron chi connectivity index (χ4n) is 2.74. The van der Waals surface area contributed by atoms with E-state index >= 15 is 0 Å². The molecule has 1 atom stereocenters. The van der Waals surface area contributed by atoms with Gasteiger partial charge in [0.1, 0.15) is 0 Å². The fraction of sp³-hybridized carbons (Fsp3) is 0.450. The molecule has 24 heavy (non-hydrogen) atoms. The van der Waals surface area contributed by atoms with Crippen molar-refractivity contribution in [3.05, 3.63) is 48.3 Å². The van der Waals surface area contributed by atoms with Crippen molar-refractivity contribution in [1.82, 2.24) is 4.57 Å². The van der Waals surface area contributed by atoms with Crippen LogP contribution in [0.25, 0.3) is 0 Å². The van der Waals surface area contributed by atoms with E-state index in [1.54, 1.807) is 0 Å². The van der Waals surface area contributed by atoms with Crippen LogP contribution in [0, 0.1) is 0 Å². The molecule has 1 heterocycles. The summed E-state index contributed by atoms with van der Waals surface area (Å²) in [6.07, 6.45) is 6.00. The van der Waals surface area contributed by atoms with E-state index in [9.17, 15) is 4.79 Å². The van der Waals surface area contributed by atoms with Gasteiger partial charge in [-0.2, -0.15) is 0 Å². The molecule has 0 N–H and O–H groups in total. The third kappa shape index (κ3) is 5.25. The Kier molecular flexibility index (Phi) is 7.61. The first-order valence-electron chi connectivity index (χ1n) is 8.73. The summed E-state index contributed by atoms with van der Waals surface area (Å²) in [5.74, 6) is -0.115. The molecule has 0 aliphatic carbocycles. The average Bonchev–Trinajstić information content (AvgIpc) is 2.96. The van der Waals surface area contributed by atoms with Crippen LogP contribution in [0.4, 0.5) is 0 Å². The number of carbonyl (C=O) groups is 1. The quantitative estimate of drug-likeness (QED) is 0.485. The Morgan fingerprint density at radius 3 is 2.62 bits per heavy atom. The van der Waals surface area contributed by atoms with E-state index in [4.69, 9.17) is 4.74 Å². The Morgan fingerprint density at radius 1 is 1.21 bits per heavy atom. The van der Waals surface area contributed by atoms with Crippen LogP contribution in [0.2, 0.25) is 0 Å². The van der Waals surface area contributed by atoms with Crippen LogP contribution in [0.5, 0.6) is 0 Å². The van der Waals surface area contributed by atoms with Crippen molar-refractivity contribution >= 4 is 29.8 Å². The topological polar surface area (TPSA) is 31.2 Å². The predicted octanol–water partition coefficient (Wildman–Crippen LogP) is 3.00. The number of nitrogens with zero attached hydrogens (tertiary/aromatic N) is 1. The van der Waals surface area contributed by atoms with Gasteiger partial charge in [0, 0.05) is 0 Å². The van der Waals surface area contributed by atoms with Crippen molar-refractivity contribution in [3.63, 3.8) is 0 Å². The van der Waals surface area contributed by atoms with Crippen LogP contribution >= 0.6 is 0 Å². The zero-order valence-electron chi connectivity index (χ0n) is 14.8. The molecule has 3 nitrogen and oxygen atoms in total. The summed E-state index contributed by atoms with van der Waals surface area (Å²) < 4.78 is 10.2. The standard InChI is InChI=1S/C20H27NO2Se/c1-4-6-12-18-19(24-17-10-8-7-9-11-17)13-14-21(18)16(3)15-20(22)23-5-2/h7-11,13-14,16H,4-6,12,15H2,1-3H3. The number of hydrogen-bond donors (Lipinski definition) is 0. The van der Waals surface area contributed by atoms with E-state index in [2.05, 4.69) is 61.0 Å². The van der Waals surface area contributed by atoms with E-state index in [1.807, 2.05) is 6.92 Å². The molecule has 1 aromatic heterocycles. The van der Waals surface area contributed by atoms with Crippen molar-refractivity contribution in [3.8, 4) is 0 Å². The molecule has 2 rings (SSSR count). The number of ether oxygens (including phenoxy) is 1. The number of unbranched alkanes of at least 4 members (excludes halogenated alkanes) is 1. The summed E-state index contributed by atoms with van der Waals surface area (Å²) in [6.45, 7) is 6.62. The van der Waals surface area contributed by atoms with Gasteiger partial charge in [-0.05, 0) is 0 Å². The normalized spacial score (nSPS) is 12.1. The van der Waals surface area contributed by atoms with Gasteiger partial charge < -0.3 is 0 Å². The second-order valence-electron chi connectivity index (χ2n) is 5.91. The monoisotopic (exact) mass is 393 g/mol. The molecule has 4 heteroatoms. The number of rotatable bonds is 9. The van der Waals surface area contributed by atoms with Crippen LogP contribution in [0.15, 0.2) is 42.6 Å². The number of aromatic nitrogens is 1. The molecule has 0 aliphatic heterocycles. The van der Waals surface area contributed by atoms with Gasteiger partial charge in [-0.25, -0.2) is 0 Å². The molecule has 2 aromatic rings. The van der Waals surface area contributed by atoms with Crippen molar-refractivity contribution in [1.29, 1.82) is 0 Å². The second-order valence-corrected chi connectivity index (χ2v) is 8.25. The van der Waals surface area contributed by atoms with Crippen molar-refractivity contribution < 1.29 is 9.53 Å². The Labute approximate surface area is 151 Å². The first kappa shape index (κ1) is 18.8. The maximum absolute atomic E-state index is 11.8. The maximum atomic E-state index is 11.8. The van der Waals surface area contributed by atoms with Gasteiger partial charge >= 0.3 is 151 Å². The number of esters is 1. The molecule has 130 valence electrons. The summed E-state index contributed by atoms with van der Waals surface area (Å²) in [7, 11) is 0. The predicted molar refractivity (Wildman–Crippen MR) is 100 cm³/mol. The van der Waals surface area contributed by atoms with Gasteiger partial charge in [-0.15, -0.1) is 0 Å². The molecule has 1 unspecified atom stereocenters. The van der Waals surface area contributed by atoms with E-state index in [1.165, 1.54) is 27.5 Å². The van der Waals surface area contributed by atoms with E-state index < -0.39 is 0 Å². The molecule has 0 saturated heterocycles. The summed E-state index contributed by atoms with van der Waals surface area (Å²) in [6, 6.07) is 13.0. The first-order chi connectivity index (χ1) is 11.7. The average molecular weight is 392 g/mol. The molecule has 0 amide bonds. The van der Waals surface area contributed by atoms with Crippen LogP contribution in [0.1, 0.15) is 51.8 Å². The van der Waals surface area contributed by atoms with E-state index in [0.29, 0.717) is 28.0 Å². The third-order valence-corrected chi connectivity index (χ3v) is 6.27. The first-order valence-corrected chi connectivity index (χ1v) is 10.4. The molecule has 0 spiro atoms. The summed E-state index contributed by atoms with van der Waals surface area (Å²) in [5.41, 5.74) is 1.39. The van der Waals surface area contributed by atoms with Crippen molar-refractivity contribution in [2.75, 3.05) is 6.61 Å². The van der Waals surface area contributed by atoms with Crippen molar-refractivity contribution in [2.24, 2.45) is 0 Å². The van der Waals surface area contributed by atoms with Gasteiger partial charge in [-0.1, -0.05) is 0 Å². The van der Waals surface area contributed by atoms with Gasteiger partial charge in [-0.3, -0.25) is 0 Å². The van der Waals surface area contributed by atoms with Crippen molar-refractivity contribution in [2.45, 2.75) is 52.5 Å². The fourth-order valence-corrected chi connectivity index (χ4v) is 4.84. The third-order valence-electron chi connectivity index (χ3n) is 3.96. The van der Waals surface area contributed by atoms with Gasteiger partial charge in [0.15, 0.2) is 0 Å².